The highest BCUT2D eigenvalue weighted by Crippen LogP contribution is 2.29. The van der Waals surface area contributed by atoms with E-state index in [1.54, 1.807) is 0 Å². The molecule has 0 radical (unpaired) electrons. The first kappa shape index (κ1) is 14.0. The number of carbonyl (C=O) groups excluding carboxylic acids is 1. The number of Topliss-reactive ketones (excluding diaryl/α,β-unsaturated/α-hetero) is 1. The van der Waals surface area contributed by atoms with Gasteiger partial charge in [0.1, 0.15) is 6.10 Å². The molecule has 0 aromatic heterocycles. The Morgan fingerprint density at radius 3 is 2.42 bits per heavy atom. The molecule has 0 saturated carbocycles. The van der Waals surface area contributed by atoms with E-state index in [1.807, 2.05) is 0 Å². The molecule has 1 saturated heterocycles. The van der Waals surface area contributed by atoms with Crippen LogP contribution < -0.4 is 0 Å². The minimum Gasteiger partial charge on any atom is -0.376 e. The molecular weight excluding hydrogens is 261 g/mol. The van der Waals surface area contributed by atoms with Crippen molar-refractivity contribution in [3.63, 3.8) is 0 Å². The van der Waals surface area contributed by atoms with Gasteiger partial charge in [-0.3, -0.25) is 4.79 Å². The first-order valence-electron chi connectivity index (χ1n) is 5.85. The summed E-state index contributed by atoms with van der Waals surface area (Å²) in [7, 11) is 0. The van der Waals surface area contributed by atoms with Crippen molar-refractivity contribution < 1.29 is 27.4 Å². The van der Waals surface area contributed by atoms with Crippen molar-refractivity contribution in [2.75, 3.05) is 19.8 Å². The Balaban J connectivity index is 1.97. The summed E-state index contributed by atoms with van der Waals surface area (Å²) < 4.78 is 47.5. The fourth-order valence-corrected chi connectivity index (χ4v) is 1.80. The molecule has 1 aromatic rings. The maximum absolute atomic E-state index is 12.4. The van der Waals surface area contributed by atoms with Gasteiger partial charge in [0.15, 0.2) is 5.78 Å². The van der Waals surface area contributed by atoms with E-state index in [2.05, 4.69) is 0 Å². The van der Waals surface area contributed by atoms with Gasteiger partial charge in [0.05, 0.1) is 25.4 Å². The summed E-state index contributed by atoms with van der Waals surface area (Å²) >= 11 is 0. The van der Waals surface area contributed by atoms with Gasteiger partial charge in [-0.15, -0.1) is 0 Å². The molecule has 0 aliphatic carbocycles. The van der Waals surface area contributed by atoms with Crippen LogP contribution in [0, 0.1) is 0 Å². The first-order valence-corrected chi connectivity index (χ1v) is 5.85. The van der Waals surface area contributed by atoms with E-state index in [9.17, 15) is 18.0 Å². The Labute approximate surface area is 108 Å². The van der Waals surface area contributed by atoms with E-state index < -0.39 is 17.8 Å². The zero-order chi connectivity index (χ0) is 13.9. The van der Waals surface area contributed by atoms with Crippen molar-refractivity contribution in [1.29, 1.82) is 0 Å². The zero-order valence-corrected chi connectivity index (χ0v) is 10.1. The fourth-order valence-electron chi connectivity index (χ4n) is 1.80. The molecule has 104 valence electrons. The summed E-state index contributed by atoms with van der Waals surface area (Å²) in [6.45, 7) is 1.03. The van der Waals surface area contributed by atoms with Crippen LogP contribution in [0.3, 0.4) is 0 Å². The van der Waals surface area contributed by atoms with Crippen molar-refractivity contribution in [1.82, 2.24) is 0 Å². The first-order chi connectivity index (χ1) is 8.97. The molecule has 3 nitrogen and oxygen atoms in total. The summed E-state index contributed by atoms with van der Waals surface area (Å²) in [6, 6.07) is 4.57. The molecule has 1 aliphatic heterocycles. The summed E-state index contributed by atoms with van der Waals surface area (Å²) in [4.78, 5) is 11.8. The monoisotopic (exact) mass is 274 g/mol. The van der Waals surface area contributed by atoms with Crippen LogP contribution in [0.1, 0.15) is 11.1 Å². The van der Waals surface area contributed by atoms with E-state index in [-0.39, 0.29) is 18.8 Å². The fraction of sp³-hybridized carbons (Fsp3) is 0.462. The molecule has 1 atom stereocenters. The van der Waals surface area contributed by atoms with Gasteiger partial charge in [-0.1, -0.05) is 12.1 Å². The van der Waals surface area contributed by atoms with Crippen molar-refractivity contribution in [3.8, 4) is 0 Å². The van der Waals surface area contributed by atoms with Crippen LogP contribution in [-0.2, 0) is 26.9 Å². The van der Waals surface area contributed by atoms with Gasteiger partial charge in [0, 0.05) is 6.42 Å². The molecule has 2 rings (SSSR count). The molecule has 6 heteroatoms. The molecule has 1 unspecified atom stereocenters. The van der Waals surface area contributed by atoms with Gasteiger partial charge < -0.3 is 9.47 Å². The van der Waals surface area contributed by atoms with Gasteiger partial charge >= 0.3 is 6.18 Å². The summed E-state index contributed by atoms with van der Waals surface area (Å²) in [6.07, 6.45) is -4.93. The second-order valence-corrected chi connectivity index (χ2v) is 4.27. The molecule has 0 N–H and O–H groups in total. The summed E-state index contributed by atoms with van der Waals surface area (Å²) in [5.74, 6) is -0.181. The van der Waals surface area contributed by atoms with E-state index in [1.165, 1.54) is 12.1 Å². The van der Waals surface area contributed by atoms with Gasteiger partial charge in [-0.2, -0.15) is 13.2 Å². The molecule has 0 amide bonds. The minimum absolute atomic E-state index is 0.0478. The Morgan fingerprint density at radius 2 is 1.89 bits per heavy atom. The van der Waals surface area contributed by atoms with Crippen LogP contribution in [0.5, 0.6) is 0 Å². The van der Waals surface area contributed by atoms with Crippen molar-refractivity contribution in [2.45, 2.75) is 18.7 Å². The Hall–Kier alpha value is -1.40. The lowest BCUT2D eigenvalue weighted by molar-refractivity contribution is -0.144. The molecule has 1 heterocycles. The lowest BCUT2D eigenvalue weighted by Crippen LogP contribution is -2.36. The standard InChI is InChI=1S/C13H13F3O3/c14-13(15,16)10-3-1-9(2-4-10)7-11(17)12-8-18-5-6-19-12/h1-4,12H,5-8H2. The van der Waals surface area contributed by atoms with Gasteiger partial charge in [0.25, 0.3) is 0 Å². The van der Waals surface area contributed by atoms with Crippen LogP contribution >= 0.6 is 0 Å². The van der Waals surface area contributed by atoms with Crippen molar-refractivity contribution >= 4 is 5.78 Å². The number of halogens is 3. The normalized spacial score (nSPS) is 20.3. The van der Waals surface area contributed by atoms with E-state index in [0.29, 0.717) is 18.8 Å². The van der Waals surface area contributed by atoms with Gasteiger partial charge in [0.2, 0.25) is 0 Å². The number of ether oxygens (including phenoxy) is 2. The summed E-state index contributed by atoms with van der Waals surface area (Å²) in [5, 5.41) is 0. The Morgan fingerprint density at radius 1 is 1.21 bits per heavy atom. The average molecular weight is 274 g/mol. The number of rotatable bonds is 3. The number of hydrogen-bond acceptors (Lipinski definition) is 3. The van der Waals surface area contributed by atoms with E-state index in [0.717, 1.165) is 12.1 Å². The van der Waals surface area contributed by atoms with Gasteiger partial charge in [-0.25, -0.2) is 0 Å². The lowest BCUT2D eigenvalue weighted by Gasteiger charge is -2.21. The highest BCUT2D eigenvalue weighted by Gasteiger charge is 2.30. The van der Waals surface area contributed by atoms with Crippen molar-refractivity contribution in [3.05, 3.63) is 35.4 Å². The number of alkyl halides is 3. The SMILES string of the molecule is O=C(Cc1ccc(C(F)(F)F)cc1)C1COCCO1. The highest BCUT2D eigenvalue weighted by atomic mass is 19.4. The third kappa shape index (κ3) is 3.78. The van der Waals surface area contributed by atoms with Crippen LogP contribution in [0.25, 0.3) is 0 Å². The quantitative estimate of drug-likeness (QED) is 0.848. The molecule has 1 aliphatic rings. The number of hydrogen-bond donors (Lipinski definition) is 0. The molecule has 1 aromatic carbocycles. The molecular formula is C13H13F3O3. The molecule has 19 heavy (non-hydrogen) atoms. The van der Waals surface area contributed by atoms with Crippen LogP contribution in [0.15, 0.2) is 24.3 Å². The highest BCUT2D eigenvalue weighted by molar-refractivity contribution is 5.85. The van der Waals surface area contributed by atoms with E-state index >= 15 is 0 Å². The number of ketones is 1. The Bertz CT molecular complexity index is 433. The number of benzene rings is 1. The second kappa shape index (κ2) is 5.71. The topological polar surface area (TPSA) is 35.5 Å². The maximum Gasteiger partial charge on any atom is 0.416 e. The predicted molar refractivity (Wildman–Crippen MR) is 60.7 cm³/mol. The molecule has 0 bridgehead atoms. The zero-order valence-electron chi connectivity index (χ0n) is 10.1. The Kier molecular flexibility index (Phi) is 4.21. The average Bonchev–Trinajstić information content (AvgIpc) is 2.39. The van der Waals surface area contributed by atoms with E-state index in [4.69, 9.17) is 9.47 Å². The predicted octanol–water partition coefficient (Wildman–Crippen LogP) is 2.23. The third-order valence-corrected chi connectivity index (χ3v) is 2.83. The molecule has 0 spiro atoms. The largest absolute Gasteiger partial charge is 0.416 e. The van der Waals surface area contributed by atoms with Crippen LogP contribution in [-0.4, -0.2) is 31.7 Å². The van der Waals surface area contributed by atoms with Gasteiger partial charge in [-0.05, 0) is 17.7 Å². The third-order valence-electron chi connectivity index (χ3n) is 2.83. The molecule has 1 fully saturated rings. The number of carbonyl (C=O) groups is 1. The van der Waals surface area contributed by atoms with Crippen LogP contribution in [0.2, 0.25) is 0 Å². The smallest absolute Gasteiger partial charge is 0.376 e. The van der Waals surface area contributed by atoms with Crippen LogP contribution in [0.4, 0.5) is 13.2 Å². The van der Waals surface area contributed by atoms with Crippen molar-refractivity contribution in [2.24, 2.45) is 0 Å². The maximum atomic E-state index is 12.4. The second-order valence-electron chi connectivity index (χ2n) is 4.27. The summed E-state index contributed by atoms with van der Waals surface area (Å²) in [5.41, 5.74) is -0.187. The minimum atomic E-state index is -4.36. The lowest BCUT2D eigenvalue weighted by atomic mass is 10.0.